The van der Waals surface area contributed by atoms with E-state index in [9.17, 15) is 4.79 Å². The van der Waals surface area contributed by atoms with Crippen molar-refractivity contribution in [1.29, 1.82) is 0 Å². The van der Waals surface area contributed by atoms with Gasteiger partial charge < -0.3 is 19.9 Å². The van der Waals surface area contributed by atoms with Gasteiger partial charge in [0.1, 0.15) is 0 Å². The van der Waals surface area contributed by atoms with Crippen LogP contribution in [0.5, 0.6) is 0 Å². The van der Waals surface area contributed by atoms with Crippen LogP contribution in [0, 0.1) is 5.92 Å². The molecule has 0 spiro atoms. The lowest BCUT2D eigenvalue weighted by atomic mass is 10.1. The molecule has 1 N–H and O–H groups in total. The molecule has 136 valence electrons. The zero-order valence-corrected chi connectivity index (χ0v) is 17.3. The number of ether oxygens (including phenoxy) is 1. The highest BCUT2D eigenvalue weighted by atomic mass is 127. The summed E-state index contributed by atoms with van der Waals surface area (Å²) in [4.78, 5) is 20.8. The molecule has 1 atom stereocenters. The predicted molar refractivity (Wildman–Crippen MR) is 105 cm³/mol. The largest absolute Gasteiger partial charge is 0.384 e. The molecule has 1 rings (SSSR count). The standard InChI is InChI=1S/C16H32N4O2.HI/c1-5-17-16(20-11-9-14(12-20)13-22-4)18-10-8-15(21)19(6-2)7-3;/h14H,5-13H2,1-4H3,(H,17,18);1H. The molecule has 23 heavy (non-hydrogen) atoms. The molecule has 7 heteroatoms. The summed E-state index contributed by atoms with van der Waals surface area (Å²) in [7, 11) is 1.75. The maximum Gasteiger partial charge on any atom is 0.224 e. The van der Waals surface area contributed by atoms with Gasteiger partial charge in [0.25, 0.3) is 0 Å². The minimum atomic E-state index is 0. The van der Waals surface area contributed by atoms with Gasteiger partial charge in [-0.3, -0.25) is 9.79 Å². The number of hydrogen-bond donors (Lipinski definition) is 1. The van der Waals surface area contributed by atoms with E-state index in [2.05, 4.69) is 22.1 Å². The summed E-state index contributed by atoms with van der Waals surface area (Å²) in [6, 6.07) is 0. The van der Waals surface area contributed by atoms with Crippen LogP contribution < -0.4 is 5.32 Å². The Morgan fingerprint density at radius 3 is 2.61 bits per heavy atom. The lowest BCUT2D eigenvalue weighted by Crippen LogP contribution is -2.40. The van der Waals surface area contributed by atoms with Gasteiger partial charge in [-0.1, -0.05) is 0 Å². The normalized spacial score (nSPS) is 17.8. The number of carbonyl (C=O) groups excluding carboxylic acids is 1. The highest BCUT2D eigenvalue weighted by Crippen LogP contribution is 2.16. The van der Waals surface area contributed by atoms with Crippen molar-refractivity contribution >= 4 is 35.8 Å². The molecule has 0 aromatic rings. The van der Waals surface area contributed by atoms with Crippen molar-refractivity contribution in [2.45, 2.75) is 33.6 Å². The molecular weight excluding hydrogens is 407 g/mol. The van der Waals surface area contributed by atoms with Crippen molar-refractivity contribution < 1.29 is 9.53 Å². The number of nitrogens with zero attached hydrogens (tertiary/aromatic N) is 3. The molecule has 1 unspecified atom stereocenters. The van der Waals surface area contributed by atoms with E-state index >= 15 is 0 Å². The van der Waals surface area contributed by atoms with Crippen LogP contribution in [0.15, 0.2) is 4.99 Å². The molecule has 0 saturated carbocycles. The summed E-state index contributed by atoms with van der Waals surface area (Å²) in [5.74, 6) is 1.68. The zero-order chi connectivity index (χ0) is 16.4. The van der Waals surface area contributed by atoms with Crippen molar-refractivity contribution in [2.75, 3.05) is 53.0 Å². The molecule has 1 heterocycles. The minimum absolute atomic E-state index is 0. The highest BCUT2D eigenvalue weighted by molar-refractivity contribution is 14.0. The summed E-state index contributed by atoms with van der Waals surface area (Å²) in [5.41, 5.74) is 0. The fourth-order valence-corrected chi connectivity index (χ4v) is 2.81. The van der Waals surface area contributed by atoms with Crippen LogP contribution in [0.4, 0.5) is 0 Å². The van der Waals surface area contributed by atoms with E-state index in [0.29, 0.717) is 18.9 Å². The van der Waals surface area contributed by atoms with Gasteiger partial charge in [0, 0.05) is 52.2 Å². The highest BCUT2D eigenvalue weighted by Gasteiger charge is 2.24. The summed E-state index contributed by atoms with van der Waals surface area (Å²) in [6.45, 7) is 11.8. The Kier molecular flexibility index (Phi) is 12.5. The molecule has 6 nitrogen and oxygen atoms in total. The van der Waals surface area contributed by atoms with E-state index in [4.69, 9.17) is 4.74 Å². The summed E-state index contributed by atoms with van der Waals surface area (Å²) < 4.78 is 5.24. The Labute approximate surface area is 158 Å². The van der Waals surface area contributed by atoms with Crippen molar-refractivity contribution in [3.63, 3.8) is 0 Å². The summed E-state index contributed by atoms with van der Waals surface area (Å²) in [5, 5.41) is 3.33. The van der Waals surface area contributed by atoms with E-state index in [1.807, 2.05) is 18.7 Å². The number of carbonyl (C=O) groups is 1. The van der Waals surface area contributed by atoms with Crippen LogP contribution in [0.1, 0.15) is 33.6 Å². The monoisotopic (exact) mass is 440 g/mol. The van der Waals surface area contributed by atoms with Crippen molar-refractivity contribution in [2.24, 2.45) is 10.9 Å². The third-order valence-corrected chi connectivity index (χ3v) is 4.03. The molecule has 1 aliphatic rings. The maximum atomic E-state index is 12.0. The topological polar surface area (TPSA) is 57.2 Å². The Hall–Kier alpha value is -0.570. The molecule has 0 bridgehead atoms. The van der Waals surface area contributed by atoms with Gasteiger partial charge in [0.15, 0.2) is 5.96 Å². The second-order valence-electron chi connectivity index (χ2n) is 5.61. The Balaban J connectivity index is 0.00000484. The quantitative estimate of drug-likeness (QED) is 0.355. The maximum absolute atomic E-state index is 12.0. The lowest BCUT2D eigenvalue weighted by molar-refractivity contribution is -0.130. The first kappa shape index (κ1) is 22.4. The van der Waals surface area contributed by atoms with Gasteiger partial charge in [-0.05, 0) is 27.2 Å². The summed E-state index contributed by atoms with van der Waals surface area (Å²) >= 11 is 0. The number of hydrogen-bond acceptors (Lipinski definition) is 3. The van der Waals surface area contributed by atoms with Gasteiger partial charge in [0.2, 0.25) is 5.91 Å². The number of halogens is 1. The molecular formula is C16H33IN4O2. The number of amides is 1. The smallest absolute Gasteiger partial charge is 0.224 e. The van der Waals surface area contributed by atoms with Gasteiger partial charge >= 0.3 is 0 Å². The van der Waals surface area contributed by atoms with Crippen LogP contribution in [-0.2, 0) is 9.53 Å². The number of aliphatic imine (C=N–C) groups is 1. The number of rotatable bonds is 8. The third-order valence-electron chi connectivity index (χ3n) is 4.03. The van der Waals surface area contributed by atoms with Crippen molar-refractivity contribution in [3.05, 3.63) is 0 Å². The van der Waals surface area contributed by atoms with Gasteiger partial charge in [0.05, 0.1) is 13.2 Å². The SMILES string of the molecule is CCNC(=NCCC(=O)N(CC)CC)N1CCC(COC)C1.I. The van der Waals surface area contributed by atoms with E-state index in [-0.39, 0.29) is 29.9 Å². The number of likely N-dealkylation sites (tertiary alicyclic amines) is 1. The molecule has 1 aliphatic heterocycles. The Morgan fingerprint density at radius 1 is 1.35 bits per heavy atom. The van der Waals surface area contributed by atoms with Crippen molar-refractivity contribution in [3.8, 4) is 0 Å². The van der Waals surface area contributed by atoms with E-state index in [1.54, 1.807) is 7.11 Å². The van der Waals surface area contributed by atoms with Crippen LogP contribution in [0.3, 0.4) is 0 Å². The van der Waals surface area contributed by atoms with E-state index in [0.717, 1.165) is 51.7 Å². The third kappa shape index (κ3) is 7.69. The molecule has 0 aromatic carbocycles. The average Bonchev–Trinajstić information content (AvgIpc) is 2.96. The fourth-order valence-electron chi connectivity index (χ4n) is 2.81. The van der Waals surface area contributed by atoms with Crippen molar-refractivity contribution in [1.82, 2.24) is 15.1 Å². The number of guanidine groups is 1. The van der Waals surface area contributed by atoms with Gasteiger partial charge in [-0.15, -0.1) is 24.0 Å². The van der Waals surface area contributed by atoms with Crippen LogP contribution in [0.25, 0.3) is 0 Å². The molecule has 0 aliphatic carbocycles. The second-order valence-corrected chi connectivity index (χ2v) is 5.61. The van der Waals surface area contributed by atoms with Gasteiger partial charge in [-0.25, -0.2) is 0 Å². The predicted octanol–water partition coefficient (Wildman–Crippen LogP) is 1.80. The van der Waals surface area contributed by atoms with Crippen LogP contribution in [0.2, 0.25) is 0 Å². The average molecular weight is 440 g/mol. The second kappa shape index (κ2) is 12.8. The Bertz CT molecular complexity index is 362. The molecule has 0 radical (unpaired) electrons. The first-order chi connectivity index (χ1) is 10.7. The van der Waals surface area contributed by atoms with Crippen LogP contribution in [-0.4, -0.2) is 74.7 Å². The van der Waals surface area contributed by atoms with E-state index in [1.165, 1.54) is 0 Å². The zero-order valence-electron chi connectivity index (χ0n) is 15.0. The summed E-state index contributed by atoms with van der Waals surface area (Å²) in [6.07, 6.45) is 1.61. The first-order valence-corrected chi connectivity index (χ1v) is 8.46. The lowest BCUT2D eigenvalue weighted by Gasteiger charge is -2.22. The first-order valence-electron chi connectivity index (χ1n) is 8.46. The molecule has 1 amide bonds. The fraction of sp³-hybridized carbons (Fsp3) is 0.875. The Morgan fingerprint density at radius 2 is 2.04 bits per heavy atom. The number of methoxy groups -OCH3 is 1. The molecule has 1 saturated heterocycles. The van der Waals surface area contributed by atoms with E-state index < -0.39 is 0 Å². The molecule has 0 aromatic heterocycles. The van der Waals surface area contributed by atoms with Gasteiger partial charge in [-0.2, -0.15) is 0 Å². The molecule has 1 fully saturated rings. The van der Waals surface area contributed by atoms with Crippen LogP contribution >= 0.6 is 24.0 Å². The minimum Gasteiger partial charge on any atom is -0.384 e. The number of nitrogens with one attached hydrogen (secondary N) is 1.